The van der Waals surface area contributed by atoms with Gasteiger partial charge in [0.2, 0.25) is 0 Å². The summed E-state index contributed by atoms with van der Waals surface area (Å²) in [5.74, 6) is 0. The highest BCUT2D eigenvalue weighted by Gasteiger charge is 2.31. The molecule has 0 aliphatic rings. The molecule has 1 aromatic rings. The topological polar surface area (TPSA) is 78.1 Å². The molecule has 0 aliphatic heterocycles. The first-order chi connectivity index (χ1) is 25.4. The third kappa shape index (κ3) is 32.6. The Labute approximate surface area is 322 Å². The Morgan fingerprint density at radius 3 is 1.19 bits per heavy atom. The molecule has 1 N–H and O–H groups in total. The Morgan fingerprint density at radius 2 is 0.827 bits per heavy atom. The van der Waals surface area contributed by atoms with Crippen molar-refractivity contribution in [3.63, 3.8) is 0 Å². The second-order valence-corrected chi connectivity index (χ2v) is 17.3. The van der Waals surface area contributed by atoms with Crippen LogP contribution in [0.5, 0.6) is 0 Å². The van der Waals surface area contributed by atoms with Gasteiger partial charge in [0.15, 0.2) is 18.9 Å². The SMILES string of the molecule is CCCCCCCCCCCCCCCCOCC(C)(COCCCCCCCCCCCCCCCC)COP(=O)(O)OCC[n+]1ccccc1. The van der Waals surface area contributed by atoms with Gasteiger partial charge in [-0.2, -0.15) is 0 Å². The van der Waals surface area contributed by atoms with Gasteiger partial charge in [-0.25, -0.2) is 9.13 Å². The predicted molar refractivity (Wildman–Crippen MR) is 219 cm³/mol. The maximum atomic E-state index is 12.7. The molecule has 1 aromatic heterocycles. The molecule has 1 atom stereocenters. The van der Waals surface area contributed by atoms with Crippen LogP contribution in [-0.2, 0) is 29.6 Å². The number of rotatable bonds is 41. The van der Waals surface area contributed by atoms with Crippen LogP contribution in [0.2, 0.25) is 0 Å². The van der Waals surface area contributed by atoms with Gasteiger partial charge in [-0.05, 0) is 12.8 Å². The molecule has 0 saturated carbocycles. The molecule has 306 valence electrons. The number of aromatic nitrogens is 1. The van der Waals surface area contributed by atoms with Crippen molar-refractivity contribution in [2.24, 2.45) is 5.41 Å². The summed E-state index contributed by atoms with van der Waals surface area (Å²) in [6.45, 7) is 9.39. The van der Waals surface area contributed by atoms with Crippen LogP contribution in [-0.4, -0.2) is 44.5 Å². The van der Waals surface area contributed by atoms with E-state index in [1.54, 1.807) is 0 Å². The Bertz CT molecular complexity index is 883. The first-order valence-electron chi connectivity index (χ1n) is 22.1. The van der Waals surface area contributed by atoms with Crippen molar-refractivity contribution in [2.45, 2.75) is 207 Å². The van der Waals surface area contributed by atoms with Crippen molar-refractivity contribution in [1.82, 2.24) is 0 Å². The Balaban J connectivity index is 2.25. The number of unbranched alkanes of at least 4 members (excludes halogenated alkanes) is 26. The van der Waals surface area contributed by atoms with Crippen molar-refractivity contribution >= 4 is 7.82 Å². The smallest absolute Gasteiger partial charge is 0.381 e. The maximum Gasteiger partial charge on any atom is 0.472 e. The van der Waals surface area contributed by atoms with Gasteiger partial charge < -0.3 is 14.4 Å². The Hall–Kier alpha value is -0.820. The lowest BCUT2D eigenvalue weighted by Crippen LogP contribution is -2.35. The monoisotopic (exact) mass is 755 g/mol. The zero-order valence-electron chi connectivity index (χ0n) is 34.5. The zero-order valence-corrected chi connectivity index (χ0v) is 35.4. The maximum absolute atomic E-state index is 12.7. The molecule has 0 aliphatic carbocycles. The summed E-state index contributed by atoms with van der Waals surface area (Å²) >= 11 is 0. The predicted octanol–water partition coefficient (Wildman–Crippen LogP) is 13.1. The van der Waals surface area contributed by atoms with Crippen LogP contribution in [0, 0.1) is 5.41 Å². The molecule has 1 rings (SSSR count). The fraction of sp³-hybridized carbons (Fsp3) is 0.886. The first kappa shape index (κ1) is 49.2. The van der Waals surface area contributed by atoms with Gasteiger partial charge in [0.25, 0.3) is 0 Å². The van der Waals surface area contributed by atoms with E-state index < -0.39 is 13.2 Å². The van der Waals surface area contributed by atoms with Crippen LogP contribution in [0.4, 0.5) is 0 Å². The van der Waals surface area contributed by atoms with E-state index in [1.165, 1.54) is 167 Å². The van der Waals surface area contributed by atoms with Crippen LogP contribution in [0.1, 0.15) is 201 Å². The number of phosphoric ester groups is 1. The van der Waals surface area contributed by atoms with E-state index in [9.17, 15) is 9.46 Å². The molecule has 0 bridgehead atoms. The molecule has 1 heterocycles. The minimum Gasteiger partial charge on any atom is -0.381 e. The van der Waals surface area contributed by atoms with Gasteiger partial charge in [-0.1, -0.05) is 194 Å². The molecule has 52 heavy (non-hydrogen) atoms. The number of hydrogen-bond donors (Lipinski definition) is 1. The summed E-state index contributed by atoms with van der Waals surface area (Å²) < 4.78 is 37.6. The van der Waals surface area contributed by atoms with Crippen LogP contribution >= 0.6 is 7.82 Å². The summed E-state index contributed by atoms with van der Waals surface area (Å²) in [7, 11) is -4.20. The third-order valence-electron chi connectivity index (χ3n) is 10.1. The van der Waals surface area contributed by atoms with Crippen molar-refractivity contribution in [1.29, 1.82) is 0 Å². The van der Waals surface area contributed by atoms with Gasteiger partial charge in [0, 0.05) is 30.8 Å². The second-order valence-electron chi connectivity index (χ2n) is 15.8. The number of ether oxygens (including phenoxy) is 2. The molecule has 8 heteroatoms. The molecule has 7 nitrogen and oxygen atoms in total. The summed E-state index contributed by atoms with van der Waals surface area (Å²) in [5.41, 5.74) is -0.540. The standard InChI is InChI=1S/C44H84NO6P/c1-4-6-8-10-12-14-16-18-20-22-24-26-28-33-38-48-41-44(3,43-51-52(46,47)50-40-37-45-35-31-30-32-36-45)42-49-39-34-29-27-25-23-21-19-17-15-13-11-9-7-5-2/h30-32,35-36H,4-29,33-34,37-43H2,1-3H3/p+1. The molecule has 0 spiro atoms. The summed E-state index contributed by atoms with van der Waals surface area (Å²) in [5, 5.41) is 0. The highest BCUT2D eigenvalue weighted by molar-refractivity contribution is 7.47. The number of pyridine rings is 1. The van der Waals surface area contributed by atoms with Crippen molar-refractivity contribution in [3.05, 3.63) is 30.6 Å². The average Bonchev–Trinajstić information content (AvgIpc) is 3.14. The van der Waals surface area contributed by atoms with Gasteiger partial charge in [0.1, 0.15) is 6.61 Å². The molecule has 0 fully saturated rings. The minimum atomic E-state index is -4.20. The van der Waals surface area contributed by atoms with E-state index in [0.29, 0.717) is 33.0 Å². The molecule has 0 saturated heterocycles. The summed E-state index contributed by atoms with van der Waals surface area (Å²) in [4.78, 5) is 10.4. The number of hydrogen-bond acceptors (Lipinski definition) is 5. The fourth-order valence-corrected chi connectivity index (χ4v) is 7.54. The largest absolute Gasteiger partial charge is 0.472 e. The van der Waals surface area contributed by atoms with E-state index in [2.05, 4.69) is 13.8 Å². The molecular weight excluding hydrogens is 669 g/mol. The van der Waals surface area contributed by atoms with E-state index in [4.69, 9.17) is 18.5 Å². The lowest BCUT2D eigenvalue weighted by atomic mass is 9.94. The van der Waals surface area contributed by atoms with Gasteiger partial charge >= 0.3 is 7.82 Å². The van der Waals surface area contributed by atoms with E-state index in [0.717, 1.165) is 12.8 Å². The molecule has 0 radical (unpaired) electrons. The second kappa shape index (κ2) is 35.9. The van der Waals surface area contributed by atoms with Crippen molar-refractivity contribution in [2.75, 3.05) is 39.6 Å². The van der Waals surface area contributed by atoms with Crippen LogP contribution in [0.15, 0.2) is 30.6 Å². The van der Waals surface area contributed by atoms with Crippen molar-refractivity contribution in [3.8, 4) is 0 Å². The number of nitrogens with zero attached hydrogens (tertiary/aromatic N) is 1. The Kier molecular flexibility index (Phi) is 33.9. The molecule has 0 aromatic carbocycles. The molecule has 1 unspecified atom stereocenters. The van der Waals surface area contributed by atoms with Crippen LogP contribution in [0.3, 0.4) is 0 Å². The van der Waals surface area contributed by atoms with Gasteiger partial charge in [0.05, 0.1) is 19.8 Å². The van der Waals surface area contributed by atoms with Crippen molar-refractivity contribution < 1.29 is 32.5 Å². The number of phosphoric acid groups is 1. The van der Waals surface area contributed by atoms with Gasteiger partial charge in [-0.3, -0.25) is 9.05 Å². The van der Waals surface area contributed by atoms with Gasteiger partial charge in [-0.15, -0.1) is 0 Å². The quantitative estimate of drug-likeness (QED) is 0.0407. The lowest BCUT2D eigenvalue weighted by Gasteiger charge is -2.29. The van der Waals surface area contributed by atoms with E-state index >= 15 is 0 Å². The Morgan fingerprint density at radius 1 is 0.481 bits per heavy atom. The van der Waals surface area contributed by atoms with E-state index in [-0.39, 0.29) is 13.2 Å². The first-order valence-corrected chi connectivity index (χ1v) is 23.6. The lowest BCUT2D eigenvalue weighted by molar-refractivity contribution is -0.697. The summed E-state index contributed by atoms with van der Waals surface area (Å²) in [6.07, 6.45) is 41.1. The van der Waals surface area contributed by atoms with Crippen LogP contribution < -0.4 is 4.57 Å². The fourth-order valence-electron chi connectivity index (χ4n) is 6.68. The molecular formula is C44H85NO6P+. The highest BCUT2D eigenvalue weighted by atomic mass is 31.2. The van der Waals surface area contributed by atoms with Crippen LogP contribution in [0.25, 0.3) is 0 Å². The third-order valence-corrected chi connectivity index (χ3v) is 11.1. The zero-order chi connectivity index (χ0) is 37.7. The summed E-state index contributed by atoms with van der Waals surface area (Å²) in [6, 6.07) is 5.76. The minimum absolute atomic E-state index is 0.0384. The highest BCUT2D eigenvalue weighted by Crippen LogP contribution is 2.44. The molecule has 0 amide bonds. The normalized spacial score (nSPS) is 13.2. The average molecular weight is 755 g/mol. The van der Waals surface area contributed by atoms with E-state index in [1.807, 2.05) is 42.1 Å².